The Bertz CT molecular complexity index is 581. The third-order valence-electron chi connectivity index (χ3n) is 3.39. The molecule has 98 valence electrons. The molecule has 0 bridgehead atoms. The molecule has 0 saturated carbocycles. The molecule has 0 saturated heterocycles. The Labute approximate surface area is 106 Å². The minimum absolute atomic E-state index is 0.0695. The lowest BCUT2D eigenvalue weighted by atomic mass is 9.87. The Balaban J connectivity index is 2.71. The van der Waals surface area contributed by atoms with E-state index in [1.807, 2.05) is 0 Å². The maximum absolute atomic E-state index is 12.0. The van der Waals surface area contributed by atoms with Gasteiger partial charge in [0.05, 0.1) is 17.8 Å². The number of methoxy groups -OCH3 is 1. The van der Waals surface area contributed by atoms with Gasteiger partial charge in [-0.15, -0.1) is 0 Å². The molecule has 1 aromatic carbocycles. The van der Waals surface area contributed by atoms with Gasteiger partial charge in [0.2, 0.25) is 0 Å². The zero-order valence-corrected chi connectivity index (χ0v) is 11.1. The maximum atomic E-state index is 12.0. The zero-order chi connectivity index (χ0) is 13.4. The third-order valence-corrected chi connectivity index (χ3v) is 5.16. The monoisotopic (exact) mass is 269 g/mol. The molecule has 2 rings (SSSR count). The molecule has 0 amide bonds. The van der Waals surface area contributed by atoms with E-state index in [1.54, 1.807) is 25.2 Å². The first-order chi connectivity index (χ1) is 8.48. The van der Waals surface area contributed by atoms with Crippen molar-refractivity contribution in [3.05, 3.63) is 29.8 Å². The summed E-state index contributed by atoms with van der Waals surface area (Å²) in [5.41, 5.74) is -0.609. The second-order valence-electron chi connectivity index (χ2n) is 4.21. The summed E-state index contributed by atoms with van der Waals surface area (Å²) in [5, 5.41) is 2.92. The van der Waals surface area contributed by atoms with Gasteiger partial charge in [-0.25, -0.2) is 13.2 Å². The number of ether oxygens (including phenoxy) is 1. The molecule has 1 atom stereocenters. The standard InChI is InChI=1S/C12H15NO4S/c1-13-12(11(14)17-2)7-8-18(15,16)10-6-4-3-5-9(10)12/h3-6,13H,7-8H2,1-2H3. The van der Waals surface area contributed by atoms with E-state index >= 15 is 0 Å². The molecule has 1 aromatic rings. The smallest absolute Gasteiger partial charge is 0.330 e. The fourth-order valence-corrected chi connectivity index (χ4v) is 4.03. The summed E-state index contributed by atoms with van der Waals surface area (Å²) < 4.78 is 28.8. The fourth-order valence-electron chi connectivity index (χ4n) is 2.37. The number of fused-ring (bicyclic) bond motifs is 1. The van der Waals surface area contributed by atoms with E-state index in [-0.39, 0.29) is 17.1 Å². The van der Waals surface area contributed by atoms with Crippen LogP contribution in [0.2, 0.25) is 0 Å². The van der Waals surface area contributed by atoms with E-state index < -0.39 is 21.3 Å². The second-order valence-corrected chi connectivity index (χ2v) is 6.29. The van der Waals surface area contributed by atoms with Crippen LogP contribution in [0.5, 0.6) is 0 Å². The first-order valence-electron chi connectivity index (χ1n) is 5.57. The Kier molecular flexibility index (Phi) is 3.16. The Hall–Kier alpha value is -1.40. The third kappa shape index (κ3) is 1.72. The normalized spacial score (nSPS) is 25.2. The van der Waals surface area contributed by atoms with Gasteiger partial charge in [0.1, 0.15) is 5.54 Å². The second kappa shape index (κ2) is 4.37. The number of benzene rings is 1. The van der Waals surface area contributed by atoms with E-state index in [0.717, 1.165) is 0 Å². The first kappa shape index (κ1) is 13.0. The Morgan fingerprint density at radius 3 is 2.67 bits per heavy atom. The van der Waals surface area contributed by atoms with Gasteiger partial charge >= 0.3 is 5.97 Å². The van der Waals surface area contributed by atoms with E-state index in [1.165, 1.54) is 13.2 Å². The minimum atomic E-state index is -3.31. The summed E-state index contributed by atoms with van der Waals surface area (Å²) in [6, 6.07) is 6.55. The molecule has 6 heteroatoms. The van der Waals surface area contributed by atoms with Crippen molar-refractivity contribution in [3.63, 3.8) is 0 Å². The Morgan fingerprint density at radius 2 is 2.06 bits per heavy atom. The van der Waals surface area contributed by atoms with Crippen molar-refractivity contribution in [2.75, 3.05) is 19.9 Å². The molecule has 18 heavy (non-hydrogen) atoms. The maximum Gasteiger partial charge on any atom is 0.330 e. The van der Waals surface area contributed by atoms with Crippen molar-refractivity contribution in [2.45, 2.75) is 16.9 Å². The number of rotatable bonds is 2. The predicted octanol–water partition coefficient (Wildman–Crippen LogP) is 0.452. The van der Waals surface area contributed by atoms with Crippen LogP contribution in [0, 0.1) is 0 Å². The van der Waals surface area contributed by atoms with Crippen molar-refractivity contribution in [3.8, 4) is 0 Å². The molecular weight excluding hydrogens is 254 g/mol. The van der Waals surface area contributed by atoms with Crippen molar-refractivity contribution in [1.29, 1.82) is 0 Å². The van der Waals surface area contributed by atoms with Crippen LogP contribution in [0.4, 0.5) is 0 Å². The van der Waals surface area contributed by atoms with Crippen molar-refractivity contribution < 1.29 is 17.9 Å². The zero-order valence-electron chi connectivity index (χ0n) is 10.3. The molecule has 0 spiro atoms. The van der Waals surface area contributed by atoms with E-state index in [0.29, 0.717) is 5.56 Å². The van der Waals surface area contributed by atoms with Crippen molar-refractivity contribution in [2.24, 2.45) is 0 Å². The highest BCUT2D eigenvalue weighted by Crippen LogP contribution is 2.37. The molecule has 5 nitrogen and oxygen atoms in total. The Morgan fingerprint density at radius 1 is 1.39 bits per heavy atom. The quantitative estimate of drug-likeness (QED) is 0.789. The number of carbonyl (C=O) groups excluding carboxylic acids is 1. The molecule has 0 aromatic heterocycles. The molecule has 1 N–H and O–H groups in total. The summed E-state index contributed by atoms with van der Waals surface area (Å²) in [6.45, 7) is 0. The van der Waals surface area contributed by atoms with Crippen LogP contribution in [-0.2, 0) is 24.9 Å². The van der Waals surface area contributed by atoms with Crippen LogP contribution in [-0.4, -0.2) is 34.3 Å². The topological polar surface area (TPSA) is 72.5 Å². The molecule has 0 fully saturated rings. The average molecular weight is 269 g/mol. The number of sulfone groups is 1. The van der Waals surface area contributed by atoms with Crippen LogP contribution in [0.1, 0.15) is 12.0 Å². The first-order valence-corrected chi connectivity index (χ1v) is 7.23. The number of hydrogen-bond acceptors (Lipinski definition) is 5. The molecule has 1 unspecified atom stereocenters. The molecule has 0 aliphatic carbocycles. The lowest BCUT2D eigenvalue weighted by Crippen LogP contribution is -2.52. The summed E-state index contributed by atoms with van der Waals surface area (Å²) >= 11 is 0. The fraction of sp³-hybridized carbons (Fsp3) is 0.417. The molecule has 1 heterocycles. The van der Waals surface area contributed by atoms with Crippen LogP contribution in [0.25, 0.3) is 0 Å². The average Bonchev–Trinajstić information content (AvgIpc) is 2.39. The van der Waals surface area contributed by atoms with Gasteiger partial charge in [-0.3, -0.25) is 0 Å². The largest absolute Gasteiger partial charge is 0.467 e. The summed E-state index contributed by atoms with van der Waals surface area (Å²) in [5.74, 6) is -0.535. The van der Waals surface area contributed by atoms with E-state index in [9.17, 15) is 13.2 Å². The van der Waals surface area contributed by atoms with Gasteiger partial charge in [0.15, 0.2) is 9.84 Å². The number of likely N-dealkylation sites (N-methyl/N-ethyl adjacent to an activating group) is 1. The summed E-state index contributed by atoms with van der Waals surface area (Å²) in [6.07, 6.45) is 0.176. The SMILES string of the molecule is CNC1(C(=O)OC)CCS(=O)(=O)c2ccccc21. The van der Waals surface area contributed by atoms with Crippen LogP contribution >= 0.6 is 0 Å². The van der Waals surface area contributed by atoms with Crippen molar-refractivity contribution in [1.82, 2.24) is 5.32 Å². The number of esters is 1. The predicted molar refractivity (Wildman–Crippen MR) is 65.9 cm³/mol. The molecule has 1 aliphatic heterocycles. The van der Waals surface area contributed by atoms with Gasteiger partial charge in [-0.2, -0.15) is 0 Å². The van der Waals surface area contributed by atoms with Gasteiger partial charge in [0.25, 0.3) is 0 Å². The molecule has 1 aliphatic rings. The molecule has 0 radical (unpaired) electrons. The van der Waals surface area contributed by atoms with Crippen LogP contribution in [0.3, 0.4) is 0 Å². The summed E-state index contributed by atoms with van der Waals surface area (Å²) in [7, 11) is -0.383. The van der Waals surface area contributed by atoms with Crippen LogP contribution in [0.15, 0.2) is 29.2 Å². The lowest BCUT2D eigenvalue weighted by Gasteiger charge is -2.35. The highest BCUT2D eigenvalue weighted by molar-refractivity contribution is 7.91. The number of carbonyl (C=O) groups is 1. The highest BCUT2D eigenvalue weighted by Gasteiger charge is 2.47. The number of hydrogen-bond donors (Lipinski definition) is 1. The highest BCUT2D eigenvalue weighted by atomic mass is 32.2. The van der Waals surface area contributed by atoms with Gasteiger partial charge in [-0.1, -0.05) is 18.2 Å². The van der Waals surface area contributed by atoms with Crippen molar-refractivity contribution >= 4 is 15.8 Å². The van der Waals surface area contributed by atoms with Gasteiger partial charge < -0.3 is 10.1 Å². The van der Waals surface area contributed by atoms with E-state index in [4.69, 9.17) is 4.74 Å². The van der Waals surface area contributed by atoms with E-state index in [2.05, 4.69) is 5.32 Å². The minimum Gasteiger partial charge on any atom is -0.467 e. The lowest BCUT2D eigenvalue weighted by molar-refractivity contribution is -0.149. The van der Waals surface area contributed by atoms with Crippen LogP contribution < -0.4 is 5.32 Å². The van der Waals surface area contributed by atoms with Gasteiger partial charge in [-0.05, 0) is 19.5 Å². The molecular formula is C12H15NO4S. The van der Waals surface area contributed by atoms with Gasteiger partial charge in [0, 0.05) is 5.56 Å². The summed E-state index contributed by atoms with van der Waals surface area (Å²) in [4.78, 5) is 12.2. The number of nitrogens with one attached hydrogen (secondary N) is 1.